The van der Waals surface area contributed by atoms with Gasteiger partial charge >= 0.3 is 5.69 Å². The van der Waals surface area contributed by atoms with Crippen LogP contribution < -0.4 is 5.69 Å². The molecule has 0 fully saturated rings. The van der Waals surface area contributed by atoms with Crippen LogP contribution in [0.4, 0.5) is 0 Å². The standard InChI is InChI=1S/C16H15ClN4OS/c17-14-7-6-13(10-18-14)11-23-16-20-19-15(22)21(16)9-8-12-4-2-1-3-5-12/h1-7,10H,8-9,11H2,(H,19,22). The van der Waals surface area contributed by atoms with Gasteiger partial charge in [0.1, 0.15) is 5.15 Å². The number of aromatic nitrogens is 4. The van der Waals surface area contributed by atoms with E-state index in [9.17, 15) is 4.79 Å². The molecule has 7 heteroatoms. The first kappa shape index (κ1) is 15.8. The summed E-state index contributed by atoms with van der Waals surface area (Å²) in [7, 11) is 0. The molecule has 0 amide bonds. The molecule has 1 N–H and O–H groups in total. The third-order valence-electron chi connectivity index (χ3n) is 3.35. The lowest BCUT2D eigenvalue weighted by Gasteiger charge is -2.06. The molecule has 2 aromatic heterocycles. The van der Waals surface area contributed by atoms with Crippen LogP contribution >= 0.6 is 23.4 Å². The maximum atomic E-state index is 11.9. The SMILES string of the molecule is O=c1[nH]nc(SCc2ccc(Cl)nc2)n1CCc1ccccc1. The van der Waals surface area contributed by atoms with Gasteiger partial charge in [-0.15, -0.1) is 5.10 Å². The Bertz CT molecular complexity index is 814. The lowest BCUT2D eigenvalue weighted by Crippen LogP contribution is -2.18. The number of aromatic amines is 1. The second kappa shape index (κ2) is 7.48. The van der Waals surface area contributed by atoms with Crippen molar-refractivity contribution in [3.8, 4) is 0 Å². The molecule has 23 heavy (non-hydrogen) atoms. The minimum absolute atomic E-state index is 0.183. The summed E-state index contributed by atoms with van der Waals surface area (Å²) in [6, 6.07) is 13.8. The molecule has 118 valence electrons. The van der Waals surface area contributed by atoms with Gasteiger partial charge < -0.3 is 0 Å². The van der Waals surface area contributed by atoms with Crippen LogP contribution in [0.15, 0.2) is 58.6 Å². The number of nitrogens with one attached hydrogen (secondary N) is 1. The fourth-order valence-corrected chi connectivity index (χ4v) is 3.15. The van der Waals surface area contributed by atoms with Crippen LogP contribution in [0.5, 0.6) is 0 Å². The van der Waals surface area contributed by atoms with Crippen molar-refractivity contribution in [3.05, 3.63) is 75.4 Å². The zero-order valence-electron chi connectivity index (χ0n) is 12.3. The van der Waals surface area contributed by atoms with Crippen LogP contribution in [0.25, 0.3) is 0 Å². The quantitative estimate of drug-likeness (QED) is 0.550. The lowest BCUT2D eigenvalue weighted by atomic mass is 10.1. The summed E-state index contributed by atoms with van der Waals surface area (Å²) in [4.78, 5) is 16.0. The van der Waals surface area contributed by atoms with Gasteiger partial charge in [0.05, 0.1) is 0 Å². The van der Waals surface area contributed by atoms with Crippen molar-refractivity contribution in [2.75, 3.05) is 0 Å². The fraction of sp³-hybridized carbons (Fsp3) is 0.188. The van der Waals surface area contributed by atoms with Gasteiger partial charge in [-0.2, -0.15) is 0 Å². The molecule has 0 aliphatic rings. The number of benzene rings is 1. The highest BCUT2D eigenvalue weighted by atomic mass is 35.5. The largest absolute Gasteiger partial charge is 0.343 e. The van der Waals surface area contributed by atoms with Gasteiger partial charge in [-0.25, -0.2) is 14.9 Å². The third kappa shape index (κ3) is 4.24. The van der Waals surface area contributed by atoms with Gasteiger partial charge in [0, 0.05) is 18.5 Å². The highest BCUT2D eigenvalue weighted by Crippen LogP contribution is 2.20. The van der Waals surface area contributed by atoms with Crippen molar-refractivity contribution < 1.29 is 0 Å². The topological polar surface area (TPSA) is 63.6 Å². The van der Waals surface area contributed by atoms with Crippen molar-refractivity contribution in [1.82, 2.24) is 19.7 Å². The van der Waals surface area contributed by atoms with Crippen molar-refractivity contribution in [2.24, 2.45) is 0 Å². The Morgan fingerprint density at radius 1 is 1.13 bits per heavy atom. The summed E-state index contributed by atoms with van der Waals surface area (Å²) in [6.45, 7) is 0.598. The average molecular weight is 347 g/mol. The van der Waals surface area contributed by atoms with Gasteiger partial charge in [-0.3, -0.25) is 4.57 Å². The lowest BCUT2D eigenvalue weighted by molar-refractivity contribution is 0.616. The predicted octanol–water partition coefficient (Wildman–Crippen LogP) is 3.15. The van der Waals surface area contributed by atoms with E-state index < -0.39 is 0 Å². The smallest absolute Gasteiger partial charge is 0.270 e. The highest BCUT2D eigenvalue weighted by molar-refractivity contribution is 7.98. The summed E-state index contributed by atoms with van der Waals surface area (Å²) in [6.07, 6.45) is 2.52. The zero-order valence-corrected chi connectivity index (χ0v) is 13.8. The molecule has 3 rings (SSSR count). The Balaban J connectivity index is 1.66. The Kier molecular flexibility index (Phi) is 5.15. The maximum Gasteiger partial charge on any atom is 0.343 e. The van der Waals surface area contributed by atoms with Crippen molar-refractivity contribution in [3.63, 3.8) is 0 Å². The number of H-pyrrole nitrogens is 1. The molecule has 0 aliphatic heterocycles. The molecule has 0 saturated carbocycles. The van der Waals surface area contributed by atoms with Gasteiger partial charge in [0.15, 0.2) is 5.16 Å². The Morgan fingerprint density at radius 2 is 1.96 bits per heavy atom. The van der Waals surface area contributed by atoms with E-state index in [2.05, 4.69) is 27.3 Å². The van der Waals surface area contributed by atoms with Gasteiger partial charge in [-0.05, 0) is 23.6 Å². The van der Waals surface area contributed by atoms with Gasteiger partial charge in [0.2, 0.25) is 0 Å². The third-order valence-corrected chi connectivity index (χ3v) is 4.62. The van der Waals surface area contributed by atoms with Crippen LogP contribution in [-0.2, 0) is 18.7 Å². The van der Waals surface area contributed by atoms with Crippen LogP contribution in [0.3, 0.4) is 0 Å². The predicted molar refractivity (Wildman–Crippen MR) is 91.8 cm³/mol. The molecule has 3 aromatic rings. The number of thioether (sulfide) groups is 1. The molecule has 0 aliphatic carbocycles. The molecule has 5 nitrogen and oxygen atoms in total. The number of aryl methyl sites for hydroxylation is 1. The average Bonchev–Trinajstić information content (AvgIpc) is 2.93. The molecule has 0 unspecified atom stereocenters. The highest BCUT2D eigenvalue weighted by Gasteiger charge is 2.09. The minimum Gasteiger partial charge on any atom is -0.270 e. The molecule has 0 atom stereocenters. The summed E-state index contributed by atoms with van der Waals surface area (Å²) < 4.78 is 1.67. The van der Waals surface area contributed by atoms with Crippen LogP contribution in [-0.4, -0.2) is 19.7 Å². The second-order valence-corrected chi connectivity index (χ2v) is 6.31. The molecule has 0 bridgehead atoms. The van der Waals surface area contributed by atoms with Gasteiger partial charge in [0.25, 0.3) is 0 Å². The summed E-state index contributed by atoms with van der Waals surface area (Å²) in [5.41, 5.74) is 2.04. The molecule has 2 heterocycles. The first-order valence-electron chi connectivity index (χ1n) is 7.15. The number of rotatable bonds is 6. The first-order valence-corrected chi connectivity index (χ1v) is 8.51. The van der Waals surface area contributed by atoms with Gasteiger partial charge in [-0.1, -0.05) is 59.8 Å². The Hall–Kier alpha value is -2.05. The molecule has 1 aromatic carbocycles. The molecule has 0 radical (unpaired) electrons. The van der Waals surface area contributed by atoms with Crippen LogP contribution in [0.1, 0.15) is 11.1 Å². The summed E-state index contributed by atoms with van der Waals surface area (Å²) in [5.74, 6) is 0.680. The number of hydrogen-bond donors (Lipinski definition) is 1. The van der Waals surface area contributed by atoms with E-state index in [1.54, 1.807) is 16.8 Å². The summed E-state index contributed by atoms with van der Waals surface area (Å²) >= 11 is 7.28. The van der Waals surface area contributed by atoms with E-state index >= 15 is 0 Å². The second-order valence-electron chi connectivity index (χ2n) is 4.98. The first-order chi connectivity index (χ1) is 11.2. The number of hydrogen-bond acceptors (Lipinski definition) is 4. The number of pyridine rings is 1. The van der Waals surface area contributed by atoms with Crippen LogP contribution in [0.2, 0.25) is 5.15 Å². The van der Waals surface area contributed by atoms with E-state index in [1.807, 2.05) is 24.3 Å². The number of nitrogens with zero attached hydrogens (tertiary/aromatic N) is 3. The normalized spacial score (nSPS) is 10.8. The Morgan fingerprint density at radius 3 is 2.70 bits per heavy atom. The molecular weight excluding hydrogens is 332 g/mol. The summed E-state index contributed by atoms with van der Waals surface area (Å²) in [5, 5.41) is 7.77. The van der Waals surface area contributed by atoms with Crippen LogP contribution in [0, 0.1) is 0 Å². The van der Waals surface area contributed by atoms with E-state index in [0.717, 1.165) is 12.0 Å². The van der Waals surface area contributed by atoms with Crippen molar-refractivity contribution in [2.45, 2.75) is 23.9 Å². The zero-order chi connectivity index (χ0) is 16.1. The van der Waals surface area contributed by atoms with E-state index in [0.29, 0.717) is 22.6 Å². The number of halogens is 1. The molecule has 0 spiro atoms. The monoisotopic (exact) mass is 346 g/mol. The van der Waals surface area contributed by atoms with Crippen molar-refractivity contribution in [1.29, 1.82) is 0 Å². The van der Waals surface area contributed by atoms with E-state index in [-0.39, 0.29) is 5.69 Å². The molecular formula is C16H15ClN4OS. The maximum absolute atomic E-state index is 11.9. The van der Waals surface area contributed by atoms with E-state index in [4.69, 9.17) is 11.6 Å². The van der Waals surface area contributed by atoms with E-state index in [1.165, 1.54) is 17.3 Å². The van der Waals surface area contributed by atoms with Crippen molar-refractivity contribution >= 4 is 23.4 Å². The Labute approximate surface area is 142 Å². The molecule has 0 saturated heterocycles. The minimum atomic E-state index is -0.183. The fourth-order valence-electron chi connectivity index (χ4n) is 2.14.